The molecule has 0 atom stereocenters. The highest BCUT2D eigenvalue weighted by atomic mass is 35.5. The second kappa shape index (κ2) is 4.05. The third-order valence-corrected chi connectivity index (χ3v) is 2.62. The van der Waals surface area contributed by atoms with E-state index in [1.54, 1.807) is 0 Å². The molecule has 0 aliphatic carbocycles. The van der Waals surface area contributed by atoms with Gasteiger partial charge in [-0.05, 0) is 30.0 Å². The lowest BCUT2D eigenvalue weighted by Crippen LogP contribution is -1.94. The molecule has 73 valence electrons. The highest BCUT2D eigenvalue weighted by Crippen LogP contribution is 2.20. The van der Waals surface area contributed by atoms with Gasteiger partial charge >= 0.3 is 0 Å². The van der Waals surface area contributed by atoms with Crippen LogP contribution in [0.2, 0.25) is 5.02 Å². The minimum Gasteiger partial charge on any atom is -0.347 e. The summed E-state index contributed by atoms with van der Waals surface area (Å²) in [7, 11) is 0. The number of fused-ring (bicyclic) bond motifs is 1. The number of unbranched alkanes of at least 4 members (excludes halogenated alkanes) is 1. The predicted octanol–water partition coefficient (Wildman–Crippen LogP) is 3.91. The predicted molar refractivity (Wildman–Crippen MR) is 61.5 cm³/mol. The Bertz CT molecular complexity index is 431. The van der Waals surface area contributed by atoms with Gasteiger partial charge in [-0.25, -0.2) is 0 Å². The Kier molecular flexibility index (Phi) is 2.78. The van der Waals surface area contributed by atoms with Crippen molar-refractivity contribution < 1.29 is 0 Å². The molecule has 2 heteroatoms. The van der Waals surface area contributed by atoms with Gasteiger partial charge in [0, 0.05) is 23.3 Å². The van der Waals surface area contributed by atoms with E-state index in [9.17, 15) is 0 Å². The Labute approximate surface area is 89.3 Å². The minimum atomic E-state index is 0.798. The van der Waals surface area contributed by atoms with Crippen molar-refractivity contribution in [1.29, 1.82) is 0 Å². The van der Waals surface area contributed by atoms with Gasteiger partial charge in [0.2, 0.25) is 0 Å². The van der Waals surface area contributed by atoms with Crippen molar-refractivity contribution >= 4 is 22.5 Å². The van der Waals surface area contributed by atoms with Crippen molar-refractivity contribution in [2.45, 2.75) is 19.4 Å². The number of halogens is 1. The fourth-order valence-electron chi connectivity index (χ4n) is 1.63. The van der Waals surface area contributed by atoms with Crippen LogP contribution < -0.4 is 0 Å². The molecule has 1 heterocycles. The first-order valence-electron chi connectivity index (χ1n) is 4.85. The Morgan fingerprint density at radius 2 is 2.14 bits per heavy atom. The van der Waals surface area contributed by atoms with Crippen molar-refractivity contribution in [2.24, 2.45) is 0 Å². The van der Waals surface area contributed by atoms with E-state index in [0.717, 1.165) is 24.4 Å². The van der Waals surface area contributed by atoms with Gasteiger partial charge in [0.1, 0.15) is 0 Å². The van der Waals surface area contributed by atoms with Crippen LogP contribution in [0, 0.1) is 6.92 Å². The molecule has 0 spiro atoms. The van der Waals surface area contributed by atoms with Crippen LogP contribution in [0.4, 0.5) is 0 Å². The first kappa shape index (κ1) is 9.60. The third-order valence-electron chi connectivity index (χ3n) is 2.38. The fourth-order valence-corrected chi connectivity index (χ4v) is 1.80. The van der Waals surface area contributed by atoms with E-state index < -0.39 is 0 Å². The van der Waals surface area contributed by atoms with Crippen LogP contribution in [0.5, 0.6) is 0 Å². The largest absolute Gasteiger partial charge is 0.347 e. The highest BCUT2D eigenvalue weighted by Gasteiger charge is 2.00. The van der Waals surface area contributed by atoms with Crippen LogP contribution in [-0.2, 0) is 6.54 Å². The number of aryl methyl sites for hydroxylation is 1. The molecule has 0 saturated heterocycles. The monoisotopic (exact) mass is 206 g/mol. The van der Waals surface area contributed by atoms with Gasteiger partial charge in [-0.1, -0.05) is 31.0 Å². The average Bonchev–Trinajstić information content (AvgIpc) is 2.57. The fraction of sp³-hybridized carbons (Fsp3) is 0.250. The summed E-state index contributed by atoms with van der Waals surface area (Å²) in [4.78, 5) is 0. The Hall–Kier alpha value is -0.950. The van der Waals surface area contributed by atoms with Gasteiger partial charge in [0.15, 0.2) is 0 Å². The van der Waals surface area contributed by atoms with Gasteiger partial charge in [0.05, 0.1) is 0 Å². The Balaban J connectivity index is 2.40. The number of hydrogen-bond acceptors (Lipinski definition) is 0. The van der Waals surface area contributed by atoms with E-state index in [0.29, 0.717) is 0 Å². The van der Waals surface area contributed by atoms with E-state index in [2.05, 4.69) is 29.8 Å². The molecule has 2 aromatic rings. The molecule has 0 aliphatic rings. The van der Waals surface area contributed by atoms with Gasteiger partial charge in [-0.3, -0.25) is 0 Å². The van der Waals surface area contributed by atoms with Crippen molar-refractivity contribution in [1.82, 2.24) is 4.57 Å². The van der Waals surface area contributed by atoms with Crippen molar-refractivity contribution in [3.8, 4) is 0 Å². The lowest BCUT2D eigenvalue weighted by Gasteiger charge is -2.03. The first-order chi connectivity index (χ1) is 6.81. The zero-order chi connectivity index (χ0) is 9.97. The summed E-state index contributed by atoms with van der Waals surface area (Å²) < 4.78 is 2.23. The maximum Gasteiger partial charge on any atom is 0.0495 e. The minimum absolute atomic E-state index is 0.798. The first-order valence-corrected chi connectivity index (χ1v) is 5.23. The number of benzene rings is 1. The van der Waals surface area contributed by atoms with Crippen LogP contribution in [0.1, 0.15) is 12.8 Å². The van der Waals surface area contributed by atoms with Crippen LogP contribution in [0.15, 0.2) is 30.5 Å². The van der Waals surface area contributed by atoms with E-state index >= 15 is 0 Å². The molecular weight excluding hydrogens is 194 g/mol. The van der Waals surface area contributed by atoms with Crippen LogP contribution in [0.25, 0.3) is 10.9 Å². The lowest BCUT2D eigenvalue weighted by atomic mass is 10.2. The summed E-state index contributed by atoms with van der Waals surface area (Å²) in [6, 6.07) is 8.11. The second-order valence-electron chi connectivity index (χ2n) is 3.42. The van der Waals surface area contributed by atoms with Crippen LogP contribution in [-0.4, -0.2) is 4.57 Å². The van der Waals surface area contributed by atoms with Crippen molar-refractivity contribution in [3.63, 3.8) is 0 Å². The quantitative estimate of drug-likeness (QED) is 0.718. The molecule has 1 nitrogen and oxygen atoms in total. The molecule has 1 radical (unpaired) electrons. The zero-order valence-corrected chi connectivity index (χ0v) is 8.80. The summed E-state index contributed by atoms with van der Waals surface area (Å²) in [5, 5.41) is 2.05. The third kappa shape index (κ3) is 1.78. The maximum absolute atomic E-state index is 5.96. The van der Waals surface area contributed by atoms with Gasteiger partial charge < -0.3 is 4.57 Å². The number of rotatable bonds is 3. The summed E-state index contributed by atoms with van der Waals surface area (Å²) in [5.41, 5.74) is 1.21. The summed E-state index contributed by atoms with van der Waals surface area (Å²) >= 11 is 5.96. The topological polar surface area (TPSA) is 4.93 Å². The standard InChI is InChI=1S/C12H13ClN/c1-2-3-7-14-8-6-10-4-5-11(13)9-12(10)14/h4-6,8-9H,1-3,7H2. The molecule has 2 rings (SSSR count). The van der Waals surface area contributed by atoms with Gasteiger partial charge in [-0.15, -0.1) is 0 Å². The molecule has 1 aromatic carbocycles. The molecule has 0 fully saturated rings. The number of hydrogen-bond donors (Lipinski definition) is 0. The molecule has 0 saturated carbocycles. The lowest BCUT2D eigenvalue weighted by molar-refractivity contribution is 0.669. The molecular formula is C12H13ClN. The molecule has 0 unspecified atom stereocenters. The highest BCUT2D eigenvalue weighted by molar-refractivity contribution is 6.31. The Morgan fingerprint density at radius 1 is 1.29 bits per heavy atom. The van der Waals surface area contributed by atoms with Crippen LogP contribution in [0.3, 0.4) is 0 Å². The van der Waals surface area contributed by atoms with Crippen molar-refractivity contribution in [2.75, 3.05) is 0 Å². The molecule has 0 amide bonds. The van der Waals surface area contributed by atoms with E-state index in [1.165, 1.54) is 10.9 Å². The average molecular weight is 207 g/mol. The number of aromatic nitrogens is 1. The molecule has 1 aromatic heterocycles. The molecule has 14 heavy (non-hydrogen) atoms. The normalized spacial score (nSPS) is 11.0. The summed E-state index contributed by atoms with van der Waals surface area (Å²) in [6.07, 6.45) is 4.19. The summed E-state index contributed by atoms with van der Waals surface area (Å²) in [5.74, 6) is 0. The van der Waals surface area contributed by atoms with E-state index in [-0.39, 0.29) is 0 Å². The smallest absolute Gasteiger partial charge is 0.0495 e. The van der Waals surface area contributed by atoms with E-state index in [1.807, 2.05) is 12.1 Å². The van der Waals surface area contributed by atoms with E-state index in [4.69, 9.17) is 11.6 Å². The van der Waals surface area contributed by atoms with Gasteiger partial charge in [0.25, 0.3) is 0 Å². The molecule has 0 aliphatic heterocycles. The van der Waals surface area contributed by atoms with Crippen molar-refractivity contribution in [3.05, 3.63) is 42.4 Å². The SMILES string of the molecule is [CH2]CCCn1ccc2ccc(Cl)cc21. The molecule has 0 N–H and O–H groups in total. The zero-order valence-electron chi connectivity index (χ0n) is 8.04. The Morgan fingerprint density at radius 3 is 2.93 bits per heavy atom. The second-order valence-corrected chi connectivity index (χ2v) is 3.86. The van der Waals surface area contributed by atoms with Gasteiger partial charge in [-0.2, -0.15) is 0 Å². The maximum atomic E-state index is 5.96. The molecule has 0 bridgehead atoms. The van der Waals surface area contributed by atoms with Crippen LogP contribution >= 0.6 is 11.6 Å². The number of nitrogens with zero attached hydrogens (tertiary/aromatic N) is 1. The summed E-state index contributed by atoms with van der Waals surface area (Å²) in [6.45, 7) is 4.86.